The molecule has 5 rings (SSSR count). The lowest BCUT2D eigenvalue weighted by Gasteiger charge is -2.11. The Kier molecular flexibility index (Phi) is 4.29. The fraction of sp³-hybridized carbons (Fsp3) is 0.0870. The lowest BCUT2D eigenvalue weighted by Crippen LogP contribution is -2.02. The highest BCUT2D eigenvalue weighted by Gasteiger charge is 2.14. The maximum absolute atomic E-state index is 4.59. The Morgan fingerprint density at radius 1 is 0.966 bits per heavy atom. The maximum atomic E-state index is 4.59. The zero-order valence-corrected chi connectivity index (χ0v) is 16.0. The van der Waals surface area contributed by atoms with Crippen LogP contribution in [0.5, 0.6) is 0 Å². The molecule has 0 amide bonds. The van der Waals surface area contributed by atoms with Gasteiger partial charge in [-0.15, -0.1) is 0 Å². The molecule has 6 nitrogen and oxygen atoms in total. The topological polar surface area (TPSA) is 60.6 Å². The second-order valence-corrected chi connectivity index (χ2v) is 7.00. The molecular formula is C23H20N6. The third-order valence-electron chi connectivity index (χ3n) is 4.90. The van der Waals surface area contributed by atoms with Crippen LogP contribution >= 0.6 is 0 Å². The molecule has 0 saturated carbocycles. The van der Waals surface area contributed by atoms with Gasteiger partial charge in [0.1, 0.15) is 5.82 Å². The molecule has 0 aliphatic rings. The van der Waals surface area contributed by atoms with E-state index in [4.69, 9.17) is 0 Å². The molecule has 6 heteroatoms. The van der Waals surface area contributed by atoms with Gasteiger partial charge in [0.2, 0.25) is 0 Å². The Morgan fingerprint density at radius 2 is 1.86 bits per heavy atom. The quantitative estimate of drug-likeness (QED) is 0.483. The van der Waals surface area contributed by atoms with Gasteiger partial charge in [-0.2, -0.15) is 5.10 Å². The van der Waals surface area contributed by atoms with Crippen molar-refractivity contribution in [1.82, 2.24) is 24.3 Å². The highest BCUT2D eigenvalue weighted by molar-refractivity contribution is 5.88. The van der Waals surface area contributed by atoms with E-state index >= 15 is 0 Å². The minimum absolute atomic E-state index is 0.769. The molecule has 0 aliphatic heterocycles. The summed E-state index contributed by atoms with van der Waals surface area (Å²) >= 11 is 0. The molecule has 1 aromatic carbocycles. The number of nitrogens with zero attached hydrogens (tertiary/aromatic N) is 5. The van der Waals surface area contributed by atoms with Crippen molar-refractivity contribution >= 4 is 22.4 Å². The second kappa shape index (κ2) is 7.24. The third-order valence-corrected chi connectivity index (χ3v) is 4.90. The molecule has 0 fully saturated rings. The van der Waals surface area contributed by atoms with Gasteiger partial charge in [-0.1, -0.05) is 30.3 Å². The summed E-state index contributed by atoms with van der Waals surface area (Å²) in [5.41, 5.74) is 5.48. The Hall–Kier alpha value is -3.93. The van der Waals surface area contributed by atoms with Crippen LogP contribution in [-0.4, -0.2) is 24.3 Å². The van der Waals surface area contributed by atoms with E-state index in [2.05, 4.69) is 61.3 Å². The number of hydrogen-bond acceptors (Lipinski definition) is 4. The van der Waals surface area contributed by atoms with Crippen LogP contribution in [0.4, 0.5) is 11.5 Å². The highest BCUT2D eigenvalue weighted by atomic mass is 15.2. The van der Waals surface area contributed by atoms with Crippen molar-refractivity contribution < 1.29 is 0 Å². The third kappa shape index (κ3) is 3.48. The van der Waals surface area contributed by atoms with Crippen molar-refractivity contribution in [2.24, 2.45) is 7.05 Å². The van der Waals surface area contributed by atoms with E-state index in [0.717, 1.165) is 40.2 Å². The average molecular weight is 380 g/mol. The second-order valence-electron chi connectivity index (χ2n) is 7.00. The van der Waals surface area contributed by atoms with E-state index in [1.807, 2.05) is 48.5 Å². The number of aromatic nitrogens is 5. The first-order valence-electron chi connectivity index (χ1n) is 9.45. The van der Waals surface area contributed by atoms with Crippen molar-refractivity contribution in [2.45, 2.75) is 6.54 Å². The van der Waals surface area contributed by atoms with Crippen LogP contribution in [-0.2, 0) is 13.6 Å². The molecule has 0 atom stereocenters. The number of benzene rings is 1. The summed E-state index contributed by atoms with van der Waals surface area (Å²) in [4.78, 5) is 8.75. The van der Waals surface area contributed by atoms with E-state index < -0.39 is 0 Å². The highest BCUT2D eigenvalue weighted by Crippen LogP contribution is 2.30. The fourth-order valence-corrected chi connectivity index (χ4v) is 3.54. The lowest BCUT2D eigenvalue weighted by atomic mass is 10.2. The summed E-state index contributed by atoms with van der Waals surface area (Å²) in [6.45, 7) is 0.769. The van der Waals surface area contributed by atoms with E-state index in [0.29, 0.717) is 0 Å². The van der Waals surface area contributed by atoms with Crippen molar-refractivity contribution in [1.29, 1.82) is 0 Å². The Bertz CT molecular complexity index is 1250. The summed E-state index contributed by atoms with van der Waals surface area (Å²) in [6.07, 6.45) is 9.40. The standard InChI is InChI=1S/C23H20N6/c1-28-16-19(13-26-28)21-10-18-12-25-23(27-20-8-5-9-24-14-20)11-22(18)29(21)15-17-6-3-2-4-7-17/h2-14,16H,15H2,1H3,(H,25,27). The lowest BCUT2D eigenvalue weighted by molar-refractivity contribution is 0.767. The first-order chi connectivity index (χ1) is 14.3. The van der Waals surface area contributed by atoms with E-state index in [1.165, 1.54) is 5.56 Å². The zero-order valence-electron chi connectivity index (χ0n) is 16.0. The fourth-order valence-electron chi connectivity index (χ4n) is 3.54. The molecule has 29 heavy (non-hydrogen) atoms. The summed E-state index contributed by atoms with van der Waals surface area (Å²) in [5, 5.41) is 8.78. The van der Waals surface area contributed by atoms with Crippen molar-refractivity contribution in [2.75, 3.05) is 5.32 Å². The van der Waals surface area contributed by atoms with Crippen molar-refractivity contribution in [3.63, 3.8) is 0 Å². The normalized spacial score (nSPS) is 11.1. The number of aryl methyl sites for hydroxylation is 1. The molecule has 0 bridgehead atoms. The summed E-state index contributed by atoms with van der Waals surface area (Å²) in [7, 11) is 1.94. The van der Waals surface area contributed by atoms with Crippen LogP contribution in [0.1, 0.15) is 5.56 Å². The van der Waals surface area contributed by atoms with E-state index in [1.54, 1.807) is 12.4 Å². The molecule has 0 aliphatic carbocycles. The molecule has 0 unspecified atom stereocenters. The van der Waals surface area contributed by atoms with Gasteiger partial charge in [0.05, 0.1) is 29.3 Å². The van der Waals surface area contributed by atoms with Crippen LogP contribution in [0.3, 0.4) is 0 Å². The van der Waals surface area contributed by atoms with Crippen molar-refractivity contribution in [3.8, 4) is 11.3 Å². The van der Waals surface area contributed by atoms with Gasteiger partial charge in [-0.3, -0.25) is 9.67 Å². The number of rotatable bonds is 5. The van der Waals surface area contributed by atoms with Gasteiger partial charge < -0.3 is 9.88 Å². The maximum Gasteiger partial charge on any atom is 0.132 e. The molecule has 0 saturated heterocycles. The molecule has 1 N–H and O–H groups in total. The average Bonchev–Trinajstić information content (AvgIpc) is 3.33. The van der Waals surface area contributed by atoms with Crippen LogP contribution < -0.4 is 5.32 Å². The molecular weight excluding hydrogens is 360 g/mol. The van der Waals surface area contributed by atoms with E-state index in [-0.39, 0.29) is 0 Å². The molecule has 0 radical (unpaired) electrons. The van der Waals surface area contributed by atoms with Gasteiger partial charge in [0, 0.05) is 49.2 Å². The number of anilines is 2. The number of hydrogen-bond donors (Lipinski definition) is 1. The largest absolute Gasteiger partial charge is 0.339 e. The van der Waals surface area contributed by atoms with Gasteiger partial charge in [-0.25, -0.2) is 4.98 Å². The Balaban J connectivity index is 1.62. The molecule has 5 aromatic rings. The number of fused-ring (bicyclic) bond motifs is 1. The van der Waals surface area contributed by atoms with Gasteiger partial charge in [-0.05, 0) is 23.8 Å². The minimum Gasteiger partial charge on any atom is -0.339 e. The monoisotopic (exact) mass is 380 g/mol. The van der Waals surface area contributed by atoms with Crippen molar-refractivity contribution in [3.05, 3.63) is 91.1 Å². The van der Waals surface area contributed by atoms with Crippen LogP contribution in [0, 0.1) is 0 Å². The summed E-state index contributed by atoms with van der Waals surface area (Å²) in [6, 6.07) is 18.6. The number of pyridine rings is 2. The first kappa shape index (κ1) is 17.2. The Labute approximate surface area is 168 Å². The van der Waals surface area contributed by atoms with Gasteiger partial charge in [0.15, 0.2) is 0 Å². The summed E-state index contributed by atoms with van der Waals surface area (Å²) < 4.78 is 4.14. The molecule has 4 aromatic heterocycles. The predicted octanol–water partition coefficient (Wildman–Crippen LogP) is 4.62. The minimum atomic E-state index is 0.769. The van der Waals surface area contributed by atoms with Crippen LogP contribution in [0.15, 0.2) is 85.6 Å². The molecule has 142 valence electrons. The van der Waals surface area contributed by atoms with Gasteiger partial charge >= 0.3 is 0 Å². The predicted molar refractivity (Wildman–Crippen MR) is 115 cm³/mol. The SMILES string of the molecule is Cn1cc(-c2cc3cnc(Nc4cccnc4)cc3n2Cc2ccccc2)cn1. The molecule has 0 spiro atoms. The van der Waals surface area contributed by atoms with Crippen LogP contribution in [0.25, 0.3) is 22.2 Å². The number of nitrogens with one attached hydrogen (secondary N) is 1. The summed E-state index contributed by atoms with van der Waals surface area (Å²) in [5.74, 6) is 0.788. The first-order valence-corrected chi connectivity index (χ1v) is 9.45. The van der Waals surface area contributed by atoms with Gasteiger partial charge in [0.25, 0.3) is 0 Å². The molecule has 4 heterocycles. The van der Waals surface area contributed by atoms with E-state index in [9.17, 15) is 0 Å². The smallest absolute Gasteiger partial charge is 0.132 e. The van der Waals surface area contributed by atoms with Crippen LogP contribution in [0.2, 0.25) is 0 Å². The zero-order chi connectivity index (χ0) is 19.6. The Morgan fingerprint density at radius 3 is 2.62 bits per heavy atom.